The lowest BCUT2D eigenvalue weighted by Gasteiger charge is -1.95. The standard InChI is InChI=1S/C6H7NO2S2.C3H6O2/c7-11(8,9)10-6-4-2-1-3-5-6;1-3(4)5-2/h1-5H,(H2,7,8,9);1-2H3. The number of carbonyl (C=O) groups excluding carboxylic acids is 1. The largest absolute Gasteiger partial charge is 0.469 e. The van der Waals surface area contributed by atoms with Gasteiger partial charge in [0.25, 0.3) is 9.06 Å². The van der Waals surface area contributed by atoms with Gasteiger partial charge in [-0.25, -0.2) is 13.6 Å². The van der Waals surface area contributed by atoms with Gasteiger partial charge in [0.15, 0.2) is 0 Å². The van der Waals surface area contributed by atoms with Crippen molar-refractivity contribution in [2.45, 2.75) is 11.8 Å². The Hall–Kier alpha value is -1.05. The lowest BCUT2D eigenvalue weighted by molar-refractivity contribution is -0.137. The maximum atomic E-state index is 10.5. The molecule has 0 aliphatic heterocycles. The molecular formula is C9H13NO4S2. The molecule has 0 aliphatic rings. The van der Waals surface area contributed by atoms with Crippen LogP contribution in [0.15, 0.2) is 35.2 Å². The predicted octanol–water partition coefficient (Wildman–Crippen LogP) is 1.16. The summed E-state index contributed by atoms with van der Waals surface area (Å²) in [5.41, 5.74) is 0. The molecule has 0 radical (unpaired) electrons. The highest BCUT2D eigenvalue weighted by atomic mass is 33.1. The fourth-order valence-electron chi connectivity index (χ4n) is 0.610. The number of hydrogen-bond acceptors (Lipinski definition) is 5. The fraction of sp³-hybridized carbons (Fsp3) is 0.222. The van der Waals surface area contributed by atoms with Crippen LogP contribution in [0.25, 0.3) is 0 Å². The molecule has 0 heterocycles. The molecule has 0 bridgehead atoms. The lowest BCUT2D eigenvalue weighted by atomic mass is 10.4. The van der Waals surface area contributed by atoms with Crippen LogP contribution in [-0.2, 0) is 18.6 Å². The molecule has 1 rings (SSSR count). The Morgan fingerprint density at radius 1 is 1.31 bits per heavy atom. The van der Waals surface area contributed by atoms with E-state index in [1.54, 1.807) is 24.3 Å². The average molecular weight is 263 g/mol. The third-order valence-corrected chi connectivity index (χ3v) is 3.21. The zero-order valence-corrected chi connectivity index (χ0v) is 10.5. The van der Waals surface area contributed by atoms with Gasteiger partial charge in [-0.1, -0.05) is 18.2 Å². The summed E-state index contributed by atoms with van der Waals surface area (Å²) < 4.78 is 25.2. The Morgan fingerprint density at radius 2 is 1.75 bits per heavy atom. The first-order chi connectivity index (χ1) is 7.35. The van der Waals surface area contributed by atoms with Crippen molar-refractivity contribution in [3.05, 3.63) is 30.3 Å². The number of carbonyl (C=O) groups is 1. The summed E-state index contributed by atoms with van der Waals surface area (Å²) >= 11 is 0. The minimum absolute atomic E-state index is 0.245. The van der Waals surface area contributed by atoms with Gasteiger partial charge in [-0.2, -0.15) is 0 Å². The molecule has 0 aromatic heterocycles. The number of hydrogen-bond donors (Lipinski definition) is 1. The Morgan fingerprint density at radius 3 is 2.06 bits per heavy atom. The number of esters is 1. The molecule has 0 aliphatic carbocycles. The highest BCUT2D eigenvalue weighted by Gasteiger charge is 2.03. The topological polar surface area (TPSA) is 86.5 Å². The van der Waals surface area contributed by atoms with E-state index in [0.717, 1.165) is 0 Å². The van der Waals surface area contributed by atoms with E-state index < -0.39 is 9.06 Å². The van der Waals surface area contributed by atoms with Crippen molar-refractivity contribution in [3.8, 4) is 0 Å². The van der Waals surface area contributed by atoms with E-state index >= 15 is 0 Å². The van der Waals surface area contributed by atoms with E-state index in [-0.39, 0.29) is 5.97 Å². The van der Waals surface area contributed by atoms with Crippen LogP contribution in [0.1, 0.15) is 6.92 Å². The van der Waals surface area contributed by atoms with Crippen molar-refractivity contribution in [2.24, 2.45) is 5.14 Å². The molecule has 0 spiro atoms. The first-order valence-electron chi connectivity index (χ1n) is 4.17. The summed E-state index contributed by atoms with van der Waals surface area (Å²) in [5.74, 6) is -0.245. The number of nitrogens with two attached hydrogens (primary N) is 1. The highest BCUT2D eigenvalue weighted by Crippen LogP contribution is 2.20. The monoisotopic (exact) mass is 263 g/mol. The zero-order valence-electron chi connectivity index (χ0n) is 8.91. The van der Waals surface area contributed by atoms with Gasteiger partial charge >= 0.3 is 5.97 Å². The second-order valence-electron chi connectivity index (χ2n) is 2.58. The van der Waals surface area contributed by atoms with Crippen LogP contribution in [0, 0.1) is 0 Å². The maximum Gasteiger partial charge on any atom is 0.302 e. The smallest absolute Gasteiger partial charge is 0.302 e. The highest BCUT2D eigenvalue weighted by molar-refractivity contribution is 8.71. The quantitative estimate of drug-likeness (QED) is 0.639. The molecule has 1 aromatic rings. The van der Waals surface area contributed by atoms with Crippen LogP contribution in [0.3, 0.4) is 0 Å². The van der Waals surface area contributed by atoms with E-state index in [2.05, 4.69) is 4.74 Å². The first kappa shape index (κ1) is 14.9. The van der Waals surface area contributed by atoms with Gasteiger partial charge in [0.05, 0.1) is 7.11 Å². The van der Waals surface area contributed by atoms with Crippen LogP contribution < -0.4 is 5.14 Å². The van der Waals surface area contributed by atoms with Gasteiger partial charge < -0.3 is 4.74 Å². The molecule has 2 N–H and O–H groups in total. The van der Waals surface area contributed by atoms with Crippen LogP contribution in [0.4, 0.5) is 0 Å². The van der Waals surface area contributed by atoms with Crippen molar-refractivity contribution < 1.29 is 17.9 Å². The number of benzene rings is 1. The van der Waals surface area contributed by atoms with E-state index in [1.165, 1.54) is 14.0 Å². The Labute approximate surface area is 98.4 Å². The first-order valence-corrected chi connectivity index (χ1v) is 7.05. The Kier molecular flexibility index (Phi) is 6.78. The fourth-order valence-corrected chi connectivity index (χ4v) is 2.28. The third-order valence-electron chi connectivity index (χ3n) is 1.24. The molecule has 0 atom stereocenters. The molecule has 0 saturated carbocycles. The summed E-state index contributed by atoms with van der Waals surface area (Å²) in [5, 5.41) is 4.80. The molecular weight excluding hydrogens is 250 g/mol. The second-order valence-corrected chi connectivity index (χ2v) is 6.10. The van der Waals surface area contributed by atoms with Crippen LogP contribution in [0.5, 0.6) is 0 Å². The average Bonchev–Trinajstić information content (AvgIpc) is 2.17. The van der Waals surface area contributed by atoms with Gasteiger partial charge in [0, 0.05) is 22.6 Å². The van der Waals surface area contributed by atoms with Crippen LogP contribution in [0.2, 0.25) is 0 Å². The minimum atomic E-state index is -3.46. The summed E-state index contributed by atoms with van der Waals surface area (Å²) in [6, 6.07) is 8.71. The molecule has 0 unspecified atom stereocenters. The Balaban J connectivity index is 0.000000385. The van der Waals surface area contributed by atoms with E-state index in [9.17, 15) is 13.2 Å². The molecule has 90 valence electrons. The van der Waals surface area contributed by atoms with Gasteiger partial charge in [-0.3, -0.25) is 4.79 Å². The molecule has 1 aromatic carbocycles. The van der Waals surface area contributed by atoms with Crippen LogP contribution in [-0.4, -0.2) is 21.5 Å². The van der Waals surface area contributed by atoms with Crippen molar-refractivity contribution in [1.82, 2.24) is 0 Å². The molecule has 16 heavy (non-hydrogen) atoms. The SMILES string of the molecule is COC(C)=O.NS(=O)(=O)Sc1ccccc1. The minimum Gasteiger partial charge on any atom is -0.469 e. The molecule has 5 nitrogen and oxygen atoms in total. The van der Waals surface area contributed by atoms with E-state index in [0.29, 0.717) is 15.7 Å². The number of ether oxygens (including phenoxy) is 1. The summed E-state index contributed by atoms with van der Waals surface area (Å²) in [7, 11) is -1.46. The lowest BCUT2D eigenvalue weighted by Crippen LogP contribution is -2.05. The van der Waals surface area contributed by atoms with Crippen molar-refractivity contribution in [2.75, 3.05) is 7.11 Å². The van der Waals surface area contributed by atoms with Crippen molar-refractivity contribution in [1.29, 1.82) is 0 Å². The maximum absolute atomic E-state index is 10.5. The van der Waals surface area contributed by atoms with Gasteiger partial charge in [0.2, 0.25) is 0 Å². The zero-order chi connectivity index (χ0) is 12.6. The summed E-state index contributed by atoms with van der Waals surface area (Å²) in [6.07, 6.45) is 0. The molecule has 0 saturated heterocycles. The molecule has 7 heteroatoms. The molecule has 0 fully saturated rings. The van der Waals surface area contributed by atoms with Gasteiger partial charge in [-0.15, -0.1) is 0 Å². The normalized spacial score (nSPS) is 9.94. The molecule has 0 amide bonds. The summed E-state index contributed by atoms with van der Waals surface area (Å²) in [6.45, 7) is 1.36. The van der Waals surface area contributed by atoms with Crippen molar-refractivity contribution in [3.63, 3.8) is 0 Å². The van der Waals surface area contributed by atoms with Crippen LogP contribution >= 0.6 is 10.8 Å². The predicted molar refractivity (Wildman–Crippen MR) is 63.1 cm³/mol. The third kappa shape index (κ3) is 9.50. The summed E-state index contributed by atoms with van der Waals surface area (Å²) in [4.78, 5) is 10.2. The van der Waals surface area contributed by atoms with Crippen molar-refractivity contribution >= 4 is 25.8 Å². The number of methoxy groups -OCH3 is 1. The van der Waals surface area contributed by atoms with Gasteiger partial charge in [-0.05, 0) is 12.1 Å². The van der Waals surface area contributed by atoms with Gasteiger partial charge in [0.1, 0.15) is 0 Å². The number of rotatable bonds is 2. The second kappa shape index (κ2) is 7.26. The van der Waals surface area contributed by atoms with E-state index in [1.807, 2.05) is 6.07 Å². The Bertz CT molecular complexity index is 416. The van der Waals surface area contributed by atoms with E-state index in [4.69, 9.17) is 5.14 Å².